The van der Waals surface area contributed by atoms with Crippen molar-refractivity contribution < 1.29 is 9.90 Å². The molecule has 5 nitrogen and oxygen atoms in total. The molecule has 0 saturated carbocycles. The molecule has 1 aromatic carbocycles. The lowest BCUT2D eigenvalue weighted by molar-refractivity contribution is -0.126. The van der Waals surface area contributed by atoms with Gasteiger partial charge < -0.3 is 16.6 Å². The molecule has 1 aromatic rings. The van der Waals surface area contributed by atoms with E-state index in [0.29, 0.717) is 11.8 Å². The molecule has 7 unspecified atom stereocenters. The molecular weight excluding hydrogens is 490 g/mol. The second-order valence-corrected chi connectivity index (χ2v) is 10.9. The first-order valence-corrected chi connectivity index (χ1v) is 14.9. The topological polar surface area (TPSA) is 113 Å². The third kappa shape index (κ3) is 12.5. The fourth-order valence-corrected chi connectivity index (χ4v) is 5.58. The molecule has 3 rings (SSSR count). The Morgan fingerprint density at radius 2 is 1.87 bits per heavy atom. The summed E-state index contributed by atoms with van der Waals surface area (Å²) in [4.78, 5) is 11.9. The molecule has 0 aromatic heterocycles. The number of rotatable bonds is 7. The number of primary amides is 1. The smallest absolute Gasteiger partial charge is 0.224 e. The van der Waals surface area contributed by atoms with Gasteiger partial charge in [-0.3, -0.25) is 4.79 Å². The summed E-state index contributed by atoms with van der Waals surface area (Å²) in [5, 5.41) is 21.2. The summed E-state index contributed by atoms with van der Waals surface area (Å²) >= 11 is 1.62. The lowest BCUT2D eigenvalue weighted by Gasteiger charge is -2.38. The lowest BCUT2D eigenvalue weighted by atomic mass is 9.78. The SMILES string of the molecule is CC.CC1C=CSC(C(C(N)=O)C(O)C2C=CC=CC2)C1C.CCC(C)CCN.Cc1ccccc1C#N. The number of amides is 1. The number of hydrogen-bond acceptors (Lipinski definition) is 5. The van der Waals surface area contributed by atoms with E-state index in [9.17, 15) is 9.90 Å². The molecule has 2 aliphatic rings. The molecule has 0 fully saturated rings. The predicted octanol–water partition coefficient (Wildman–Crippen LogP) is 6.76. The molecule has 0 saturated heterocycles. The van der Waals surface area contributed by atoms with E-state index in [1.807, 2.05) is 74.7 Å². The van der Waals surface area contributed by atoms with E-state index in [2.05, 4.69) is 39.8 Å². The van der Waals surface area contributed by atoms with Gasteiger partial charge in [-0.25, -0.2) is 0 Å². The van der Waals surface area contributed by atoms with Crippen LogP contribution in [0.3, 0.4) is 0 Å². The van der Waals surface area contributed by atoms with Gasteiger partial charge in [0.2, 0.25) is 5.91 Å². The van der Waals surface area contributed by atoms with E-state index < -0.39 is 17.9 Å². The normalized spacial score (nSPS) is 23.6. The Bertz CT molecular complexity index is 922. The number of thioether (sulfide) groups is 1. The zero-order valence-corrected chi connectivity index (χ0v) is 25.3. The minimum Gasteiger partial charge on any atom is -0.392 e. The molecule has 7 atom stereocenters. The summed E-state index contributed by atoms with van der Waals surface area (Å²) in [6, 6.07) is 9.63. The number of carbonyl (C=O) groups excluding carboxylic acids is 1. The van der Waals surface area contributed by atoms with E-state index in [4.69, 9.17) is 16.7 Å². The van der Waals surface area contributed by atoms with Crippen LogP contribution in [0.2, 0.25) is 0 Å². The van der Waals surface area contributed by atoms with Gasteiger partial charge in [0.05, 0.1) is 23.7 Å². The lowest BCUT2D eigenvalue weighted by Crippen LogP contribution is -2.47. The number of hydrogen-bond donors (Lipinski definition) is 3. The van der Waals surface area contributed by atoms with Crippen molar-refractivity contribution in [3.8, 4) is 6.07 Å². The largest absolute Gasteiger partial charge is 0.392 e. The van der Waals surface area contributed by atoms with Crippen molar-refractivity contribution in [2.24, 2.45) is 41.1 Å². The van der Waals surface area contributed by atoms with Gasteiger partial charge in [-0.15, -0.1) is 11.8 Å². The predicted molar refractivity (Wildman–Crippen MR) is 164 cm³/mol. The molecule has 212 valence electrons. The van der Waals surface area contributed by atoms with Gasteiger partial charge in [0, 0.05) is 11.2 Å². The first-order chi connectivity index (χ1) is 18.2. The minimum absolute atomic E-state index is 0.0217. The molecule has 0 bridgehead atoms. The standard InChI is InChI=1S/C16H23NO2S.C8H7N.C6H15N.C2H6/c1-10-8-9-20-15(11(10)2)13(16(17)19)14(18)12-6-4-3-5-7-12;1-7-4-2-3-5-8(7)6-9;1-3-6(2)4-5-7;1-2/h3-6,8-15,18H,7H2,1-2H3,(H2,17,19);2-5H,1H3;6H,3-5,7H2,1-2H3;1-2H3. The number of aliphatic hydroxyl groups is 1. The van der Waals surface area contributed by atoms with E-state index >= 15 is 0 Å². The van der Waals surface area contributed by atoms with Gasteiger partial charge in [-0.2, -0.15) is 5.26 Å². The molecule has 6 heteroatoms. The van der Waals surface area contributed by atoms with Crippen LogP contribution in [0.4, 0.5) is 0 Å². The number of carbonyl (C=O) groups is 1. The van der Waals surface area contributed by atoms with Crippen LogP contribution in [0.15, 0.2) is 60.1 Å². The van der Waals surface area contributed by atoms with Crippen molar-refractivity contribution in [2.75, 3.05) is 6.54 Å². The Morgan fingerprint density at radius 3 is 2.32 bits per heavy atom. The Balaban J connectivity index is 0.000000628. The molecule has 5 N–H and O–H groups in total. The highest BCUT2D eigenvalue weighted by Gasteiger charge is 2.41. The Morgan fingerprint density at radius 1 is 1.21 bits per heavy atom. The maximum Gasteiger partial charge on any atom is 0.224 e. The summed E-state index contributed by atoms with van der Waals surface area (Å²) in [6.45, 7) is 15.5. The summed E-state index contributed by atoms with van der Waals surface area (Å²) in [5.41, 5.74) is 12.7. The molecule has 1 aliphatic heterocycles. The summed E-state index contributed by atoms with van der Waals surface area (Å²) in [6.07, 6.45) is 12.5. The van der Waals surface area contributed by atoms with Gasteiger partial charge in [0.1, 0.15) is 0 Å². The van der Waals surface area contributed by atoms with Crippen LogP contribution < -0.4 is 11.5 Å². The van der Waals surface area contributed by atoms with Gasteiger partial charge in [0.25, 0.3) is 0 Å². The van der Waals surface area contributed by atoms with Crippen LogP contribution in [0.25, 0.3) is 0 Å². The quantitative estimate of drug-likeness (QED) is 0.353. The fraction of sp³-hybridized carbons (Fsp3) is 0.562. The summed E-state index contributed by atoms with van der Waals surface area (Å²) in [7, 11) is 0. The van der Waals surface area contributed by atoms with Crippen LogP contribution >= 0.6 is 11.8 Å². The summed E-state index contributed by atoms with van der Waals surface area (Å²) in [5.74, 6) is 0.615. The van der Waals surface area contributed by atoms with Crippen LogP contribution in [0, 0.1) is 47.8 Å². The maximum absolute atomic E-state index is 11.9. The van der Waals surface area contributed by atoms with Gasteiger partial charge in [0.15, 0.2) is 0 Å². The van der Waals surface area contributed by atoms with Crippen LogP contribution in [0.5, 0.6) is 0 Å². The van der Waals surface area contributed by atoms with Crippen molar-refractivity contribution in [2.45, 2.75) is 79.1 Å². The van der Waals surface area contributed by atoms with Gasteiger partial charge >= 0.3 is 0 Å². The van der Waals surface area contributed by atoms with Crippen molar-refractivity contribution in [3.63, 3.8) is 0 Å². The number of nitriles is 1. The second-order valence-electron chi connectivity index (χ2n) is 9.80. The average molecular weight is 542 g/mol. The van der Waals surface area contributed by atoms with Gasteiger partial charge in [-0.05, 0) is 61.1 Å². The molecule has 1 amide bonds. The Kier molecular flexibility index (Phi) is 19.3. The van der Waals surface area contributed by atoms with E-state index in [1.165, 1.54) is 12.8 Å². The van der Waals surface area contributed by atoms with Crippen LogP contribution in [0.1, 0.15) is 71.9 Å². The monoisotopic (exact) mass is 541 g/mol. The number of allylic oxidation sites excluding steroid dienone is 4. The third-order valence-corrected chi connectivity index (χ3v) is 8.44. The van der Waals surface area contributed by atoms with Crippen LogP contribution in [-0.4, -0.2) is 28.9 Å². The van der Waals surface area contributed by atoms with E-state index in [-0.39, 0.29) is 11.2 Å². The maximum atomic E-state index is 11.9. The number of nitrogens with zero attached hydrogens (tertiary/aromatic N) is 1. The van der Waals surface area contributed by atoms with Crippen molar-refractivity contribution in [1.29, 1.82) is 5.26 Å². The first kappa shape index (κ1) is 35.7. The molecule has 0 spiro atoms. The highest BCUT2D eigenvalue weighted by atomic mass is 32.2. The number of aryl methyl sites for hydroxylation is 1. The number of benzene rings is 1. The highest BCUT2D eigenvalue weighted by Crippen LogP contribution is 2.40. The van der Waals surface area contributed by atoms with Crippen LogP contribution in [-0.2, 0) is 4.79 Å². The molecule has 38 heavy (non-hydrogen) atoms. The molecule has 1 aliphatic carbocycles. The second kappa shape index (κ2) is 20.6. The zero-order valence-electron chi connectivity index (χ0n) is 24.5. The first-order valence-electron chi connectivity index (χ1n) is 14.0. The Hall–Kier alpha value is -2.33. The third-order valence-electron chi connectivity index (χ3n) is 7.09. The summed E-state index contributed by atoms with van der Waals surface area (Å²) < 4.78 is 0. The fourth-order valence-electron chi connectivity index (χ4n) is 4.10. The van der Waals surface area contributed by atoms with Crippen molar-refractivity contribution >= 4 is 17.7 Å². The van der Waals surface area contributed by atoms with Crippen molar-refractivity contribution in [3.05, 3.63) is 71.2 Å². The zero-order chi connectivity index (χ0) is 29.1. The van der Waals surface area contributed by atoms with Gasteiger partial charge in [-0.1, -0.05) is 96.5 Å². The molecular formula is C32H51N3O2S. The molecule has 1 heterocycles. The number of nitrogens with two attached hydrogens (primary N) is 2. The Labute approximate surface area is 236 Å². The minimum atomic E-state index is -0.715. The average Bonchev–Trinajstić information content (AvgIpc) is 2.93. The molecule has 0 radical (unpaired) electrons. The van der Waals surface area contributed by atoms with E-state index in [0.717, 1.165) is 30.0 Å². The van der Waals surface area contributed by atoms with Crippen molar-refractivity contribution in [1.82, 2.24) is 0 Å². The highest BCUT2D eigenvalue weighted by molar-refractivity contribution is 8.02. The van der Waals surface area contributed by atoms with E-state index in [1.54, 1.807) is 11.8 Å². The number of aliphatic hydroxyl groups excluding tert-OH is 1.